The first kappa shape index (κ1) is 15.2. The predicted molar refractivity (Wildman–Crippen MR) is 82.5 cm³/mol. The van der Waals surface area contributed by atoms with Crippen molar-refractivity contribution >= 4 is 11.6 Å². The molecular weight excluding hydrogens is 266 g/mol. The van der Waals surface area contributed by atoms with Gasteiger partial charge in [0.15, 0.2) is 5.82 Å². The standard InChI is InChI=1S/C15H21N5O/c1-4-10(2)13(16)15(21)18-12-7-5-6-11(8-12)14-19-17-9-20(14)3/h5-10,13H,4,16H2,1-3H3,(H,18,21)/t10?,13-/m0/s1. The molecule has 0 aliphatic carbocycles. The second-order valence-corrected chi connectivity index (χ2v) is 5.25. The van der Waals surface area contributed by atoms with Crippen molar-refractivity contribution in [1.82, 2.24) is 14.8 Å². The molecule has 0 aliphatic heterocycles. The number of hydrogen-bond donors (Lipinski definition) is 2. The summed E-state index contributed by atoms with van der Waals surface area (Å²) in [6, 6.07) is 6.99. The molecule has 1 aromatic heterocycles. The van der Waals surface area contributed by atoms with Crippen LogP contribution in [0.3, 0.4) is 0 Å². The van der Waals surface area contributed by atoms with Gasteiger partial charge in [0.2, 0.25) is 5.91 Å². The number of carbonyl (C=O) groups excluding carboxylic acids is 1. The number of nitrogens with one attached hydrogen (secondary N) is 1. The number of carbonyl (C=O) groups is 1. The number of amides is 1. The number of benzene rings is 1. The lowest BCUT2D eigenvalue weighted by atomic mass is 9.99. The monoisotopic (exact) mass is 287 g/mol. The van der Waals surface area contributed by atoms with Crippen LogP contribution in [-0.4, -0.2) is 26.7 Å². The maximum absolute atomic E-state index is 12.1. The van der Waals surface area contributed by atoms with Gasteiger partial charge >= 0.3 is 0 Å². The summed E-state index contributed by atoms with van der Waals surface area (Å²) in [6.45, 7) is 3.99. The van der Waals surface area contributed by atoms with E-state index in [1.807, 2.05) is 49.7 Å². The molecule has 0 saturated carbocycles. The number of rotatable bonds is 5. The molecule has 2 rings (SSSR count). The summed E-state index contributed by atoms with van der Waals surface area (Å²) in [5.74, 6) is 0.726. The molecule has 3 N–H and O–H groups in total. The zero-order valence-electron chi connectivity index (χ0n) is 12.6. The lowest BCUT2D eigenvalue weighted by Gasteiger charge is -2.17. The van der Waals surface area contributed by atoms with Crippen molar-refractivity contribution in [2.75, 3.05) is 5.32 Å². The zero-order valence-corrected chi connectivity index (χ0v) is 12.6. The summed E-state index contributed by atoms with van der Waals surface area (Å²) in [4.78, 5) is 12.1. The van der Waals surface area contributed by atoms with Crippen molar-refractivity contribution in [2.24, 2.45) is 18.7 Å². The first-order chi connectivity index (χ1) is 10.0. The highest BCUT2D eigenvalue weighted by molar-refractivity contribution is 5.95. The molecule has 0 spiro atoms. The Labute approximate surface area is 124 Å². The van der Waals surface area contributed by atoms with Crippen molar-refractivity contribution in [3.63, 3.8) is 0 Å². The molecule has 0 fully saturated rings. The lowest BCUT2D eigenvalue weighted by Crippen LogP contribution is -2.40. The van der Waals surface area contributed by atoms with Crippen LogP contribution in [0.25, 0.3) is 11.4 Å². The van der Waals surface area contributed by atoms with Gasteiger partial charge in [0, 0.05) is 18.3 Å². The molecule has 1 unspecified atom stereocenters. The highest BCUT2D eigenvalue weighted by Crippen LogP contribution is 2.20. The number of nitrogens with zero attached hydrogens (tertiary/aromatic N) is 3. The molecule has 0 radical (unpaired) electrons. The Morgan fingerprint density at radius 1 is 1.48 bits per heavy atom. The third-order valence-corrected chi connectivity index (χ3v) is 3.66. The summed E-state index contributed by atoms with van der Waals surface area (Å²) < 4.78 is 1.83. The average molecular weight is 287 g/mol. The summed E-state index contributed by atoms with van der Waals surface area (Å²) >= 11 is 0. The second kappa shape index (κ2) is 6.49. The van der Waals surface area contributed by atoms with Gasteiger partial charge in [0.1, 0.15) is 6.33 Å². The van der Waals surface area contributed by atoms with E-state index >= 15 is 0 Å². The quantitative estimate of drug-likeness (QED) is 0.878. The predicted octanol–water partition coefficient (Wildman–Crippen LogP) is 1.79. The highest BCUT2D eigenvalue weighted by Gasteiger charge is 2.19. The van der Waals surface area contributed by atoms with E-state index in [9.17, 15) is 4.79 Å². The molecule has 1 heterocycles. The largest absolute Gasteiger partial charge is 0.325 e. The second-order valence-electron chi connectivity index (χ2n) is 5.25. The third-order valence-electron chi connectivity index (χ3n) is 3.66. The summed E-state index contributed by atoms with van der Waals surface area (Å²) in [5.41, 5.74) is 7.54. The van der Waals surface area contributed by atoms with Crippen LogP contribution in [-0.2, 0) is 11.8 Å². The Morgan fingerprint density at radius 2 is 2.24 bits per heavy atom. The minimum absolute atomic E-state index is 0.145. The van der Waals surface area contributed by atoms with Crippen LogP contribution in [0.5, 0.6) is 0 Å². The van der Waals surface area contributed by atoms with Crippen LogP contribution in [0.2, 0.25) is 0 Å². The van der Waals surface area contributed by atoms with E-state index in [0.717, 1.165) is 17.8 Å². The smallest absolute Gasteiger partial charge is 0.241 e. The maximum atomic E-state index is 12.1. The molecule has 0 bridgehead atoms. The minimum Gasteiger partial charge on any atom is -0.325 e. The van der Waals surface area contributed by atoms with E-state index in [0.29, 0.717) is 5.69 Å². The topological polar surface area (TPSA) is 85.8 Å². The molecule has 21 heavy (non-hydrogen) atoms. The Morgan fingerprint density at radius 3 is 2.86 bits per heavy atom. The first-order valence-electron chi connectivity index (χ1n) is 7.03. The van der Waals surface area contributed by atoms with E-state index in [-0.39, 0.29) is 11.8 Å². The summed E-state index contributed by atoms with van der Waals surface area (Å²) in [5, 5.41) is 10.8. The van der Waals surface area contributed by atoms with E-state index in [1.165, 1.54) is 0 Å². The van der Waals surface area contributed by atoms with Crippen LogP contribution in [0.1, 0.15) is 20.3 Å². The summed E-state index contributed by atoms with van der Waals surface area (Å²) in [7, 11) is 1.87. The molecule has 6 heteroatoms. The molecule has 1 amide bonds. The third kappa shape index (κ3) is 3.46. The number of aryl methyl sites for hydroxylation is 1. The molecule has 2 atom stereocenters. The van der Waals surface area contributed by atoms with Gasteiger partial charge in [-0.1, -0.05) is 32.4 Å². The maximum Gasteiger partial charge on any atom is 0.241 e. The van der Waals surface area contributed by atoms with Gasteiger partial charge < -0.3 is 15.6 Å². The van der Waals surface area contributed by atoms with Crippen LogP contribution in [0, 0.1) is 5.92 Å². The average Bonchev–Trinajstić information content (AvgIpc) is 2.92. The van der Waals surface area contributed by atoms with Crippen molar-refractivity contribution in [1.29, 1.82) is 0 Å². The summed E-state index contributed by atoms with van der Waals surface area (Å²) in [6.07, 6.45) is 2.51. The molecule has 1 aromatic carbocycles. The lowest BCUT2D eigenvalue weighted by molar-refractivity contribution is -0.118. The van der Waals surface area contributed by atoms with E-state index < -0.39 is 6.04 Å². The van der Waals surface area contributed by atoms with Gasteiger partial charge in [-0.3, -0.25) is 4.79 Å². The van der Waals surface area contributed by atoms with Gasteiger partial charge in [-0.05, 0) is 18.1 Å². The molecule has 6 nitrogen and oxygen atoms in total. The fraction of sp³-hybridized carbons (Fsp3) is 0.400. The van der Waals surface area contributed by atoms with Crippen molar-refractivity contribution < 1.29 is 4.79 Å². The van der Waals surface area contributed by atoms with Crippen LogP contribution >= 0.6 is 0 Å². The SMILES string of the molecule is CCC(C)[C@H](N)C(=O)Nc1cccc(-c2nncn2C)c1. The Kier molecular flexibility index (Phi) is 4.70. The van der Waals surface area contributed by atoms with E-state index in [2.05, 4.69) is 15.5 Å². The number of anilines is 1. The fourth-order valence-electron chi connectivity index (χ4n) is 2.02. The molecule has 112 valence electrons. The van der Waals surface area contributed by atoms with Crippen LogP contribution < -0.4 is 11.1 Å². The van der Waals surface area contributed by atoms with Crippen LogP contribution in [0.4, 0.5) is 5.69 Å². The van der Waals surface area contributed by atoms with Crippen LogP contribution in [0.15, 0.2) is 30.6 Å². The van der Waals surface area contributed by atoms with Crippen molar-refractivity contribution in [3.8, 4) is 11.4 Å². The molecular formula is C15H21N5O. The van der Waals surface area contributed by atoms with Gasteiger partial charge in [0.05, 0.1) is 6.04 Å². The first-order valence-corrected chi connectivity index (χ1v) is 7.03. The number of hydrogen-bond acceptors (Lipinski definition) is 4. The van der Waals surface area contributed by atoms with Gasteiger partial charge in [-0.15, -0.1) is 10.2 Å². The Balaban J connectivity index is 2.15. The van der Waals surface area contributed by atoms with Crippen molar-refractivity contribution in [2.45, 2.75) is 26.3 Å². The normalized spacial score (nSPS) is 13.7. The molecule has 0 saturated heterocycles. The zero-order chi connectivity index (χ0) is 15.4. The van der Waals surface area contributed by atoms with Gasteiger partial charge in [-0.25, -0.2) is 0 Å². The number of nitrogens with two attached hydrogens (primary N) is 1. The Bertz CT molecular complexity index is 622. The molecule has 2 aromatic rings. The highest BCUT2D eigenvalue weighted by atomic mass is 16.2. The van der Waals surface area contributed by atoms with Gasteiger partial charge in [0.25, 0.3) is 0 Å². The Hall–Kier alpha value is -2.21. The van der Waals surface area contributed by atoms with E-state index in [1.54, 1.807) is 6.33 Å². The fourth-order valence-corrected chi connectivity index (χ4v) is 2.02. The van der Waals surface area contributed by atoms with Crippen molar-refractivity contribution in [3.05, 3.63) is 30.6 Å². The van der Waals surface area contributed by atoms with E-state index in [4.69, 9.17) is 5.73 Å². The van der Waals surface area contributed by atoms with Gasteiger partial charge in [-0.2, -0.15) is 0 Å². The molecule has 0 aliphatic rings. The minimum atomic E-state index is -0.506. The number of aromatic nitrogens is 3.